The molecule has 0 radical (unpaired) electrons. The molecule has 0 aliphatic heterocycles. The predicted octanol–water partition coefficient (Wildman–Crippen LogP) is 2.45. The van der Waals surface area contributed by atoms with Crippen molar-refractivity contribution in [3.05, 3.63) is 27.7 Å². The average Bonchev–Trinajstić information content (AvgIpc) is 2.20. The topological polar surface area (TPSA) is 63.3 Å². The van der Waals surface area contributed by atoms with Crippen LogP contribution in [-0.2, 0) is 6.54 Å². The van der Waals surface area contributed by atoms with Crippen LogP contribution >= 0.6 is 15.9 Å². The number of aromatic hydroxyl groups is 1. The van der Waals surface area contributed by atoms with Gasteiger partial charge < -0.3 is 10.8 Å². The van der Waals surface area contributed by atoms with Gasteiger partial charge >= 0.3 is 0 Å². The molecule has 0 atom stereocenters. The molecule has 1 rings (SSSR count). The van der Waals surface area contributed by atoms with Crippen LogP contribution in [0.5, 0.6) is 5.75 Å². The largest absolute Gasteiger partial charge is 0.506 e. The third-order valence-corrected chi connectivity index (χ3v) is 2.78. The summed E-state index contributed by atoms with van der Waals surface area (Å²) in [6.07, 6.45) is 0. The van der Waals surface area contributed by atoms with Crippen LogP contribution in [0.1, 0.15) is 29.8 Å². The molecule has 0 amide bonds. The Labute approximate surface area is 97.4 Å². The molecule has 0 saturated carbocycles. The van der Waals surface area contributed by atoms with E-state index >= 15 is 0 Å². The van der Waals surface area contributed by atoms with Crippen LogP contribution in [0.3, 0.4) is 0 Å². The fourth-order valence-corrected chi connectivity index (χ4v) is 1.79. The van der Waals surface area contributed by atoms with E-state index in [1.165, 1.54) is 0 Å². The molecule has 3 N–H and O–H groups in total. The summed E-state index contributed by atoms with van der Waals surface area (Å²) in [6.45, 7) is 3.89. The molecule has 0 heterocycles. The van der Waals surface area contributed by atoms with E-state index in [-0.39, 0.29) is 24.0 Å². The summed E-state index contributed by atoms with van der Waals surface area (Å²) >= 11 is 3.20. The van der Waals surface area contributed by atoms with Crippen LogP contribution in [0.15, 0.2) is 16.6 Å². The standard InChI is InChI=1S/C11H14BrNO2/c1-6(2)10(14)7-3-8(5-13)11(15)9(12)4-7/h3-4,6,15H,5,13H2,1-2H3. The van der Waals surface area contributed by atoms with Crippen molar-refractivity contribution >= 4 is 21.7 Å². The smallest absolute Gasteiger partial charge is 0.165 e. The lowest BCUT2D eigenvalue weighted by atomic mass is 9.99. The summed E-state index contributed by atoms with van der Waals surface area (Å²) in [5, 5.41) is 9.60. The van der Waals surface area contributed by atoms with Crippen LogP contribution in [0, 0.1) is 5.92 Å². The lowest BCUT2D eigenvalue weighted by Gasteiger charge is -2.09. The summed E-state index contributed by atoms with van der Waals surface area (Å²) in [7, 11) is 0. The Morgan fingerprint density at radius 2 is 2.13 bits per heavy atom. The molecule has 15 heavy (non-hydrogen) atoms. The van der Waals surface area contributed by atoms with Crippen LogP contribution in [0.4, 0.5) is 0 Å². The van der Waals surface area contributed by atoms with Gasteiger partial charge in [0.25, 0.3) is 0 Å². The Kier molecular flexibility index (Phi) is 3.88. The Morgan fingerprint density at radius 3 is 2.60 bits per heavy atom. The van der Waals surface area contributed by atoms with E-state index in [1.54, 1.807) is 12.1 Å². The number of rotatable bonds is 3. The van der Waals surface area contributed by atoms with E-state index in [0.717, 1.165) is 0 Å². The Bertz CT molecular complexity index is 388. The third-order valence-electron chi connectivity index (χ3n) is 2.17. The zero-order chi connectivity index (χ0) is 11.6. The maximum Gasteiger partial charge on any atom is 0.165 e. The molecular formula is C11H14BrNO2. The van der Waals surface area contributed by atoms with Crippen LogP contribution in [-0.4, -0.2) is 10.9 Å². The number of ketones is 1. The van der Waals surface area contributed by atoms with Gasteiger partial charge in [0, 0.05) is 23.6 Å². The van der Waals surface area contributed by atoms with Crippen molar-refractivity contribution in [2.24, 2.45) is 11.7 Å². The number of carbonyl (C=O) groups is 1. The second-order valence-corrected chi connectivity index (χ2v) is 4.54. The van der Waals surface area contributed by atoms with Gasteiger partial charge in [0.2, 0.25) is 0 Å². The monoisotopic (exact) mass is 271 g/mol. The summed E-state index contributed by atoms with van der Waals surface area (Å²) in [6, 6.07) is 3.26. The first-order valence-electron chi connectivity index (χ1n) is 4.73. The average molecular weight is 272 g/mol. The van der Waals surface area contributed by atoms with Crippen molar-refractivity contribution in [3.63, 3.8) is 0 Å². The molecule has 0 fully saturated rings. The maximum absolute atomic E-state index is 11.7. The lowest BCUT2D eigenvalue weighted by molar-refractivity contribution is 0.0939. The summed E-state index contributed by atoms with van der Waals surface area (Å²) < 4.78 is 0.509. The molecule has 1 aromatic carbocycles. The molecule has 0 bridgehead atoms. The van der Waals surface area contributed by atoms with Crippen molar-refractivity contribution in [2.75, 3.05) is 0 Å². The minimum Gasteiger partial charge on any atom is -0.506 e. The van der Waals surface area contributed by atoms with Crippen molar-refractivity contribution in [1.82, 2.24) is 0 Å². The molecule has 0 aromatic heterocycles. The van der Waals surface area contributed by atoms with E-state index in [9.17, 15) is 9.90 Å². The first-order valence-corrected chi connectivity index (χ1v) is 5.52. The van der Waals surface area contributed by atoms with Crippen molar-refractivity contribution < 1.29 is 9.90 Å². The number of phenols is 1. The van der Waals surface area contributed by atoms with E-state index in [0.29, 0.717) is 15.6 Å². The van der Waals surface area contributed by atoms with E-state index in [4.69, 9.17) is 5.73 Å². The van der Waals surface area contributed by atoms with Gasteiger partial charge in [-0.25, -0.2) is 0 Å². The summed E-state index contributed by atoms with van der Waals surface area (Å²) in [4.78, 5) is 11.7. The van der Waals surface area contributed by atoms with Crippen LogP contribution in [0.2, 0.25) is 0 Å². The second kappa shape index (κ2) is 4.77. The molecule has 82 valence electrons. The molecule has 0 aliphatic carbocycles. The quantitative estimate of drug-likeness (QED) is 0.831. The number of nitrogens with two attached hydrogens (primary N) is 1. The number of Topliss-reactive ketones (excluding diaryl/α,β-unsaturated/α-hetero) is 1. The van der Waals surface area contributed by atoms with Crippen molar-refractivity contribution in [2.45, 2.75) is 20.4 Å². The minimum absolute atomic E-state index is 0.0467. The zero-order valence-electron chi connectivity index (χ0n) is 8.75. The molecule has 0 spiro atoms. The van der Waals surface area contributed by atoms with Gasteiger partial charge in [0.05, 0.1) is 4.47 Å². The Morgan fingerprint density at radius 1 is 1.53 bits per heavy atom. The highest BCUT2D eigenvalue weighted by Gasteiger charge is 2.14. The molecule has 4 heteroatoms. The van der Waals surface area contributed by atoms with Gasteiger partial charge in [-0.2, -0.15) is 0 Å². The predicted molar refractivity (Wildman–Crippen MR) is 62.9 cm³/mol. The van der Waals surface area contributed by atoms with Crippen molar-refractivity contribution in [3.8, 4) is 5.75 Å². The molecule has 0 saturated heterocycles. The zero-order valence-corrected chi connectivity index (χ0v) is 10.3. The first-order chi connectivity index (χ1) is 6.97. The first kappa shape index (κ1) is 12.2. The number of hydrogen-bond donors (Lipinski definition) is 2. The highest BCUT2D eigenvalue weighted by Crippen LogP contribution is 2.30. The SMILES string of the molecule is CC(C)C(=O)c1cc(Br)c(O)c(CN)c1. The van der Waals surface area contributed by atoms with Gasteiger partial charge in [-0.3, -0.25) is 4.79 Å². The van der Waals surface area contributed by atoms with Crippen LogP contribution < -0.4 is 5.73 Å². The molecule has 3 nitrogen and oxygen atoms in total. The molecule has 0 unspecified atom stereocenters. The molecule has 0 aliphatic rings. The lowest BCUT2D eigenvalue weighted by Crippen LogP contribution is -2.09. The van der Waals surface area contributed by atoms with Crippen LogP contribution in [0.25, 0.3) is 0 Å². The number of halogens is 1. The highest BCUT2D eigenvalue weighted by atomic mass is 79.9. The number of carbonyl (C=O) groups excluding carboxylic acids is 1. The van der Waals surface area contributed by atoms with Gasteiger partial charge in [0.1, 0.15) is 5.75 Å². The van der Waals surface area contributed by atoms with E-state index < -0.39 is 0 Å². The number of phenolic OH excluding ortho intramolecular Hbond substituents is 1. The van der Waals surface area contributed by atoms with E-state index in [2.05, 4.69) is 15.9 Å². The van der Waals surface area contributed by atoms with Gasteiger partial charge in [0.15, 0.2) is 5.78 Å². The Balaban J connectivity index is 3.22. The fraction of sp³-hybridized carbons (Fsp3) is 0.364. The fourth-order valence-electron chi connectivity index (χ4n) is 1.29. The summed E-state index contributed by atoms with van der Waals surface area (Å²) in [5.74, 6) is 0.0928. The van der Waals surface area contributed by atoms with Gasteiger partial charge in [-0.15, -0.1) is 0 Å². The molecule has 1 aromatic rings. The van der Waals surface area contributed by atoms with E-state index in [1.807, 2.05) is 13.8 Å². The number of hydrogen-bond acceptors (Lipinski definition) is 3. The minimum atomic E-state index is -0.0629. The van der Waals surface area contributed by atoms with Gasteiger partial charge in [-0.1, -0.05) is 13.8 Å². The maximum atomic E-state index is 11.7. The van der Waals surface area contributed by atoms with Crippen molar-refractivity contribution in [1.29, 1.82) is 0 Å². The number of benzene rings is 1. The molecular weight excluding hydrogens is 258 g/mol. The van der Waals surface area contributed by atoms with Gasteiger partial charge in [-0.05, 0) is 28.1 Å². The third kappa shape index (κ3) is 2.58. The Hall–Kier alpha value is -0.870. The second-order valence-electron chi connectivity index (χ2n) is 3.69. The normalized spacial score (nSPS) is 10.7. The summed E-state index contributed by atoms with van der Waals surface area (Å²) in [5.41, 5.74) is 6.63. The highest BCUT2D eigenvalue weighted by molar-refractivity contribution is 9.10.